The van der Waals surface area contributed by atoms with Crippen molar-refractivity contribution in [1.82, 2.24) is 9.80 Å². The largest absolute Gasteiger partial charge is 0.443 e. The monoisotopic (exact) mass is 334 g/mol. The summed E-state index contributed by atoms with van der Waals surface area (Å²) in [5.41, 5.74) is -1.10. The predicted octanol–water partition coefficient (Wildman–Crippen LogP) is 1.05. The number of nitrogens with zero attached hydrogens (tertiary/aromatic N) is 2. The highest BCUT2D eigenvalue weighted by atomic mass is 16.5. The SMILES string of the molecule is CN(C)C[C@H]1COCCN(C(=O)c2ccc(C#CC(C)(C)O)o2)C1. The Labute approximate surface area is 143 Å². The number of aliphatic hydroxyl groups is 1. The molecular formula is C18H26N2O4. The van der Waals surface area contributed by atoms with Crippen LogP contribution in [0.2, 0.25) is 0 Å². The van der Waals surface area contributed by atoms with Crippen LogP contribution in [-0.4, -0.2) is 73.4 Å². The van der Waals surface area contributed by atoms with Gasteiger partial charge in [0.15, 0.2) is 11.5 Å². The molecule has 0 aliphatic carbocycles. The molecule has 1 fully saturated rings. The summed E-state index contributed by atoms with van der Waals surface area (Å²) in [6.45, 7) is 6.43. The second-order valence-corrected chi connectivity index (χ2v) is 6.93. The molecule has 1 N–H and O–H groups in total. The maximum Gasteiger partial charge on any atom is 0.289 e. The summed E-state index contributed by atoms with van der Waals surface area (Å²) in [6.07, 6.45) is 0. The van der Waals surface area contributed by atoms with Gasteiger partial charge in [-0.25, -0.2) is 0 Å². The van der Waals surface area contributed by atoms with E-state index in [9.17, 15) is 9.90 Å². The first-order chi connectivity index (χ1) is 11.2. The maximum atomic E-state index is 12.7. The highest BCUT2D eigenvalue weighted by Gasteiger charge is 2.25. The van der Waals surface area contributed by atoms with Gasteiger partial charge in [-0.15, -0.1) is 0 Å². The van der Waals surface area contributed by atoms with Gasteiger partial charge in [0.05, 0.1) is 13.2 Å². The molecule has 0 spiro atoms. The lowest BCUT2D eigenvalue weighted by molar-refractivity contribution is 0.0702. The Bertz CT molecular complexity index is 619. The van der Waals surface area contributed by atoms with Gasteiger partial charge in [-0.3, -0.25) is 4.79 Å². The van der Waals surface area contributed by atoms with Crippen molar-refractivity contribution in [3.05, 3.63) is 23.7 Å². The number of amides is 1. The fourth-order valence-electron chi connectivity index (χ4n) is 2.58. The predicted molar refractivity (Wildman–Crippen MR) is 90.7 cm³/mol. The third-order valence-corrected chi connectivity index (χ3v) is 3.56. The number of ether oxygens (including phenoxy) is 1. The quantitative estimate of drug-likeness (QED) is 0.837. The molecule has 0 aromatic carbocycles. The van der Waals surface area contributed by atoms with Crippen LogP contribution in [0.5, 0.6) is 0 Å². The molecule has 2 rings (SSSR count). The molecule has 1 atom stereocenters. The van der Waals surface area contributed by atoms with Gasteiger partial charge < -0.3 is 24.1 Å². The summed E-state index contributed by atoms with van der Waals surface area (Å²) in [5.74, 6) is 6.17. The van der Waals surface area contributed by atoms with Crippen molar-refractivity contribution < 1.29 is 19.1 Å². The molecule has 132 valence electrons. The van der Waals surface area contributed by atoms with Gasteiger partial charge in [0.1, 0.15) is 5.60 Å². The minimum atomic E-state index is -1.10. The maximum absolute atomic E-state index is 12.7. The van der Waals surface area contributed by atoms with E-state index in [-0.39, 0.29) is 17.6 Å². The Morgan fingerprint density at radius 2 is 2.21 bits per heavy atom. The Kier molecular flexibility index (Phi) is 6.05. The molecular weight excluding hydrogens is 308 g/mol. The molecule has 0 bridgehead atoms. The number of furan rings is 1. The van der Waals surface area contributed by atoms with E-state index in [1.54, 1.807) is 30.9 Å². The van der Waals surface area contributed by atoms with Crippen LogP contribution in [0.15, 0.2) is 16.5 Å². The summed E-state index contributed by atoms with van der Waals surface area (Å²) >= 11 is 0. The van der Waals surface area contributed by atoms with Crippen molar-refractivity contribution in [2.45, 2.75) is 19.4 Å². The second-order valence-electron chi connectivity index (χ2n) is 6.93. The first-order valence-electron chi connectivity index (χ1n) is 8.12. The first kappa shape index (κ1) is 18.5. The van der Waals surface area contributed by atoms with Crippen LogP contribution in [0.1, 0.15) is 30.2 Å². The average Bonchev–Trinajstić information content (AvgIpc) is 2.83. The van der Waals surface area contributed by atoms with E-state index in [4.69, 9.17) is 9.15 Å². The van der Waals surface area contributed by atoms with Gasteiger partial charge >= 0.3 is 0 Å². The lowest BCUT2D eigenvalue weighted by atomic mass is 10.1. The van der Waals surface area contributed by atoms with E-state index in [2.05, 4.69) is 16.7 Å². The normalized spacial score (nSPS) is 18.9. The van der Waals surface area contributed by atoms with Gasteiger partial charge in [-0.1, -0.05) is 5.92 Å². The standard InChI is InChI=1S/C18H26N2O4/c1-18(2,22)8-7-15-5-6-16(24-15)17(21)20-9-10-23-13-14(12-20)11-19(3)4/h5-6,14,22H,9-13H2,1-4H3/t14-/m1/s1. The first-order valence-corrected chi connectivity index (χ1v) is 8.12. The Morgan fingerprint density at radius 1 is 1.46 bits per heavy atom. The highest BCUT2D eigenvalue weighted by molar-refractivity contribution is 5.91. The summed E-state index contributed by atoms with van der Waals surface area (Å²) in [6, 6.07) is 3.28. The van der Waals surface area contributed by atoms with Crippen molar-refractivity contribution in [2.24, 2.45) is 5.92 Å². The molecule has 6 nitrogen and oxygen atoms in total. The van der Waals surface area contributed by atoms with Crippen LogP contribution >= 0.6 is 0 Å². The van der Waals surface area contributed by atoms with Crippen molar-refractivity contribution in [3.63, 3.8) is 0 Å². The van der Waals surface area contributed by atoms with Crippen molar-refractivity contribution in [3.8, 4) is 11.8 Å². The molecule has 1 aromatic rings. The van der Waals surface area contributed by atoms with Gasteiger partial charge in [-0.05, 0) is 46.0 Å². The zero-order chi connectivity index (χ0) is 17.7. The van der Waals surface area contributed by atoms with Crippen LogP contribution in [0.3, 0.4) is 0 Å². The molecule has 0 radical (unpaired) electrons. The second kappa shape index (κ2) is 7.84. The van der Waals surface area contributed by atoms with Gasteiger partial charge in [0.25, 0.3) is 5.91 Å². The Hall–Kier alpha value is -1.81. The topological polar surface area (TPSA) is 66.2 Å². The van der Waals surface area contributed by atoms with Crippen molar-refractivity contribution in [2.75, 3.05) is 46.9 Å². The molecule has 1 amide bonds. The third-order valence-electron chi connectivity index (χ3n) is 3.56. The van der Waals surface area contributed by atoms with E-state index in [0.717, 1.165) is 6.54 Å². The van der Waals surface area contributed by atoms with Crippen LogP contribution in [-0.2, 0) is 4.74 Å². The molecule has 1 aromatic heterocycles. The minimum absolute atomic E-state index is 0.152. The van der Waals surface area contributed by atoms with E-state index in [1.807, 2.05) is 14.1 Å². The molecule has 0 unspecified atom stereocenters. The van der Waals surface area contributed by atoms with Gasteiger partial charge in [0.2, 0.25) is 0 Å². The van der Waals surface area contributed by atoms with E-state index < -0.39 is 5.60 Å². The molecule has 1 aliphatic rings. The smallest absolute Gasteiger partial charge is 0.289 e. The summed E-state index contributed by atoms with van der Waals surface area (Å²) in [7, 11) is 4.02. The van der Waals surface area contributed by atoms with E-state index in [0.29, 0.717) is 32.1 Å². The lowest BCUT2D eigenvalue weighted by Gasteiger charge is -2.24. The zero-order valence-electron chi connectivity index (χ0n) is 14.8. The molecule has 0 saturated carbocycles. The number of hydrogen-bond donors (Lipinski definition) is 1. The van der Waals surface area contributed by atoms with Crippen molar-refractivity contribution in [1.29, 1.82) is 0 Å². The zero-order valence-corrected chi connectivity index (χ0v) is 14.8. The van der Waals surface area contributed by atoms with Crippen molar-refractivity contribution >= 4 is 5.91 Å². The van der Waals surface area contributed by atoms with Gasteiger partial charge in [-0.2, -0.15) is 0 Å². The Balaban J connectivity index is 2.07. The Morgan fingerprint density at radius 3 is 2.88 bits per heavy atom. The van der Waals surface area contributed by atoms with E-state index in [1.165, 1.54) is 0 Å². The number of carbonyl (C=O) groups excluding carboxylic acids is 1. The number of carbonyl (C=O) groups is 1. The van der Waals surface area contributed by atoms with E-state index >= 15 is 0 Å². The average molecular weight is 334 g/mol. The molecule has 2 heterocycles. The fourth-order valence-corrected chi connectivity index (χ4v) is 2.58. The minimum Gasteiger partial charge on any atom is -0.443 e. The van der Waals surface area contributed by atoms with Crippen LogP contribution in [0, 0.1) is 17.8 Å². The molecule has 6 heteroatoms. The van der Waals surface area contributed by atoms with Gasteiger partial charge in [0, 0.05) is 25.6 Å². The number of hydrogen-bond acceptors (Lipinski definition) is 5. The molecule has 1 aliphatic heterocycles. The van der Waals surface area contributed by atoms with Crippen LogP contribution in [0.25, 0.3) is 0 Å². The van der Waals surface area contributed by atoms with Crippen LogP contribution in [0.4, 0.5) is 0 Å². The summed E-state index contributed by atoms with van der Waals surface area (Å²) in [4.78, 5) is 16.5. The lowest BCUT2D eigenvalue weighted by Crippen LogP contribution is -2.38. The van der Waals surface area contributed by atoms with Crippen LogP contribution < -0.4 is 0 Å². The molecule has 24 heavy (non-hydrogen) atoms. The highest BCUT2D eigenvalue weighted by Crippen LogP contribution is 2.14. The number of rotatable bonds is 3. The summed E-state index contributed by atoms with van der Waals surface area (Å²) in [5, 5.41) is 9.62. The fraction of sp³-hybridized carbons (Fsp3) is 0.611. The molecule has 1 saturated heterocycles. The summed E-state index contributed by atoms with van der Waals surface area (Å²) < 4.78 is 11.1. The third kappa shape index (κ3) is 5.68.